The zero-order chi connectivity index (χ0) is 17.8. The van der Waals surface area contributed by atoms with E-state index >= 15 is 0 Å². The molecule has 1 aromatic rings. The fourth-order valence-electron chi connectivity index (χ4n) is 2.97. The van der Waals surface area contributed by atoms with Crippen LogP contribution in [-0.4, -0.2) is 60.6 Å². The first kappa shape index (κ1) is 20.5. The Balaban J connectivity index is 0.000000891. The predicted octanol–water partition coefficient (Wildman–Crippen LogP) is 2.35. The maximum atomic E-state index is 11.6. The van der Waals surface area contributed by atoms with Crippen LogP contribution >= 0.6 is 11.8 Å². The van der Waals surface area contributed by atoms with Gasteiger partial charge in [-0.2, -0.15) is 11.8 Å². The number of carbonyl (C=O) groups is 2. The van der Waals surface area contributed by atoms with Crippen LogP contribution < -0.4 is 5.32 Å². The molecule has 0 spiro atoms. The number of amides is 1. The Hall–Kier alpha value is -1.53. The highest BCUT2D eigenvalue weighted by Crippen LogP contribution is 2.28. The lowest BCUT2D eigenvalue weighted by Gasteiger charge is -2.17. The highest BCUT2D eigenvalue weighted by atomic mass is 32.2. The average Bonchev–Trinajstić information content (AvgIpc) is 3.03. The number of nitrogens with one attached hydrogen (secondary N) is 1. The number of carboxylic acid groups (broad SMARTS) is 1. The highest BCUT2D eigenvalue weighted by Gasteiger charge is 2.24. The van der Waals surface area contributed by atoms with E-state index in [0.29, 0.717) is 12.3 Å². The summed E-state index contributed by atoms with van der Waals surface area (Å²) in [6.07, 6.45) is 3.89. The molecule has 24 heavy (non-hydrogen) atoms. The second-order valence-corrected chi connectivity index (χ2v) is 6.83. The van der Waals surface area contributed by atoms with Gasteiger partial charge >= 0.3 is 0 Å². The first-order valence-corrected chi connectivity index (χ1v) is 9.63. The van der Waals surface area contributed by atoms with Gasteiger partial charge in [0.25, 0.3) is 6.47 Å². The summed E-state index contributed by atoms with van der Waals surface area (Å²) < 4.78 is 0. The molecule has 1 saturated heterocycles. The summed E-state index contributed by atoms with van der Waals surface area (Å²) >= 11 is 1.72. The summed E-state index contributed by atoms with van der Waals surface area (Å²) in [5, 5.41) is 9.91. The van der Waals surface area contributed by atoms with Crippen molar-refractivity contribution in [2.24, 2.45) is 0 Å². The van der Waals surface area contributed by atoms with Gasteiger partial charge in [-0.3, -0.25) is 9.59 Å². The predicted molar refractivity (Wildman–Crippen MR) is 99.7 cm³/mol. The van der Waals surface area contributed by atoms with Crippen molar-refractivity contribution in [3.05, 3.63) is 35.4 Å². The third-order valence-corrected chi connectivity index (χ3v) is 4.80. The van der Waals surface area contributed by atoms with Crippen molar-refractivity contribution < 1.29 is 14.7 Å². The van der Waals surface area contributed by atoms with E-state index in [4.69, 9.17) is 9.90 Å². The molecule has 134 valence electrons. The number of carbonyl (C=O) groups excluding carboxylic acids is 1. The van der Waals surface area contributed by atoms with Crippen LogP contribution in [0.3, 0.4) is 0 Å². The minimum absolute atomic E-state index is 0.180. The number of rotatable bonds is 7. The molecule has 2 rings (SSSR count). The number of aryl methyl sites for hydroxylation is 1. The molecule has 0 saturated carbocycles. The van der Waals surface area contributed by atoms with Gasteiger partial charge in [0, 0.05) is 31.8 Å². The number of likely N-dealkylation sites (tertiary alicyclic amines) is 1. The molecule has 1 aromatic carbocycles. The molecule has 5 nitrogen and oxygen atoms in total. The van der Waals surface area contributed by atoms with Gasteiger partial charge in [-0.15, -0.1) is 0 Å². The monoisotopic (exact) mass is 352 g/mol. The van der Waals surface area contributed by atoms with E-state index in [1.807, 2.05) is 6.26 Å². The molecule has 0 radical (unpaired) electrons. The quantitative estimate of drug-likeness (QED) is 0.737. The van der Waals surface area contributed by atoms with E-state index in [1.54, 1.807) is 11.8 Å². The summed E-state index contributed by atoms with van der Waals surface area (Å²) in [5.74, 6) is 1.74. The molecule has 2 N–H and O–H groups in total. The summed E-state index contributed by atoms with van der Waals surface area (Å²) in [4.78, 5) is 22.4. The van der Waals surface area contributed by atoms with Crippen LogP contribution in [0.25, 0.3) is 0 Å². The molecular formula is C18H28N2O3S. The molecule has 6 heteroatoms. The first-order valence-electron chi connectivity index (χ1n) is 8.23. The van der Waals surface area contributed by atoms with Gasteiger partial charge in [0.15, 0.2) is 0 Å². The molecule has 1 amide bonds. The van der Waals surface area contributed by atoms with Crippen molar-refractivity contribution in [1.82, 2.24) is 10.2 Å². The maximum absolute atomic E-state index is 11.6. The van der Waals surface area contributed by atoms with Gasteiger partial charge in [-0.05, 0) is 43.2 Å². The SMILES string of the molecule is CSCCC(=O)NCCN1CCC(c2ccccc2C)C1.O=CO. The lowest BCUT2D eigenvalue weighted by Crippen LogP contribution is -2.33. The number of thioether (sulfide) groups is 1. The largest absolute Gasteiger partial charge is 0.483 e. The van der Waals surface area contributed by atoms with Crippen molar-refractivity contribution in [2.45, 2.75) is 25.7 Å². The standard InChI is InChI=1S/C17H26N2OS.CH2O2/c1-14-5-3-4-6-16(14)15-7-10-19(13-15)11-9-18-17(20)8-12-21-2;2-1-3/h3-6,15H,7-13H2,1-2H3,(H,18,20);1H,(H,2,3). The number of hydrogen-bond donors (Lipinski definition) is 2. The molecule has 1 heterocycles. The highest BCUT2D eigenvalue weighted by molar-refractivity contribution is 7.98. The Morgan fingerprint density at radius 3 is 2.83 bits per heavy atom. The van der Waals surface area contributed by atoms with E-state index < -0.39 is 0 Å². The fraction of sp³-hybridized carbons (Fsp3) is 0.556. The Kier molecular flexibility index (Phi) is 10.2. The maximum Gasteiger partial charge on any atom is 0.290 e. The topological polar surface area (TPSA) is 69.6 Å². The lowest BCUT2D eigenvalue weighted by atomic mass is 9.94. The third-order valence-electron chi connectivity index (χ3n) is 4.18. The van der Waals surface area contributed by atoms with E-state index in [-0.39, 0.29) is 12.4 Å². The third kappa shape index (κ3) is 7.36. The smallest absolute Gasteiger partial charge is 0.290 e. The van der Waals surface area contributed by atoms with Crippen LogP contribution in [0.2, 0.25) is 0 Å². The Morgan fingerprint density at radius 2 is 2.17 bits per heavy atom. The van der Waals surface area contributed by atoms with Crippen molar-refractivity contribution in [3.8, 4) is 0 Å². The summed E-state index contributed by atoms with van der Waals surface area (Å²) in [6, 6.07) is 8.70. The summed E-state index contributed by atoms with van der Waals surface area (Å²) in [6.45, 7) is 5.94. The van der Waals surface area contributed by atoms with Crippen LogP contribution in [0.5, 0.6) is 0 Å². The fourth-order valence-corrected chi connectivity index (χ4v) is 3.36. The molecule has 1 unspecified atom stereocenters. The van der Waals surface area contributed by atoms with Crippen LogP contribution in [-0.2, 0) is 9.59 Å². The van der Waals surface area contributed by atoms with Crippen molar-refractivity contribution in [2.75, 3.05) is 38.2 Å². The lowest BCUT2D eigenvalue weighted by molar-refractivity contribution is -0.123. The van der Waals surface area contributed by atoms with Crippen LogP contribution in [0.15, 0.2) is 24.3 Å². The van der Waals surface area contributed by atoms with Gasteiger partial charge in [0.1, 0.15) is 0 Å². The molecule has 0 aliphatic carbocycles. The zero-order valence-corrected chi connectivity index (χ0v) is 15.3. The van der Waals surface area contributed by atoms with Crippen LogP contribution in [0.1, 0.15) is 29.9 Å². The first-order chi connectivity index (χ1) is 11.6. The zero-order valence-electron chi connectivity index (χ0n) is 14.5. The van der Waals surface area contributed by atoms with Gasteiger partial charge < -0.3 is 15.3 Å². The second-order valence-electron chi connectivity index (χ2n) is 5.84. The van der Waals surface area contributed by atoms with E-state index in [9.17, 15) is 4.79 Å². The number of benzene rings is 1. The molecule has 0 bridgehead atoms. The normalized spacial score (nSPS) is 17.0. The molecule has 1 atom stereocenters. The molecular weight excluding hydrogens is 324 g/mol. The Morgan fingerprint density at radius 1 is 1.46 bits per heavy atom. The number of nitrogens with zero attached hydrogens (tertiary/aromatic N) is 1. The molecule has 0 aromatic heterocycles. The minimum Gasteiger partial charge on any atom is -0.483 e. The van der Waals surface area contributed by atoms with Crippen LogP contribution in [0.4, 0.5) is 0 Å². The van der Waals surface area contributed by atoms with Gasteiger partial charge in [0.2, 0.25) is 5.91 Å². The Bertz CT molecular complexity index is 511. The molecule has 1 fully saturated rings. The van der Waals surface area contributed by atoms with Gasteiger partial charge in [-0.1, -0.05) is 24.3 Å². The van der Waals surface area contributed by atoms with Gasteiger partial charge in [0.05, 0.1) is 0 Å². The number of hydrogen-bond acceptors (Lipinski definition) is 4. The van der Waals surface area contributed by atoms with E-state index in [1.165, 1.54) is 17.5 Å². The van der Waals surface area contributed by atoms with Gasteiger partial charge in [-0.25, -0.2) is 0 Å². The average molecular weight is 353 g/mol. The second kappa shape index (κ2) is 11.9. The van der Waals surface area contributed by atoms with Crippen molar-refractivity contribution in [3.63, 3.8) is 0 Å². The van der Waals surface area contributed by atoms with Crippen molar-refractivity contribution in [1.29, 1.82) is 0 Å². The summed E-state index contributed by atoms with van der Waals surface area (Å²) in [5.41, 5.74) is 2.89. The molecule has 1 aliphatic heterocycles. The molecule has 1 aliphatic rings. The summed E-state index contributed by atoms with van der Waals surface area (Å²) in [7, 11) is 0. The van der Waals surface area contributed by atoms with E-state index in [0.717, 1.165) is 31.9 Å². The van der Waals surface area contributed by atoms with Crippen molar-refractivity contribution >= 4 is 24.1 Å². The van der Waals surface area contributed by atoms with Crippen LogP contribution in [0, 0.1) is 6.92 Å². The Labute approximate surface area is 148 Å². The minimum atomic E-state index is -0.250. The van der Waals surface area contributed by atoms with E-state index in [2.05, 4.69) is 41.4 Å².